The lowest BCUT2D eigenvalue weighted by Crippen LogP contribution is -2.27. The molecule has 1 saturated carbocycles. The normalized spacial score (nSPS) is 21.0. The fraction of sp³-hybridized carbons (Fsp3) is 0.500. The van der Waals surface area contributed by atoms with Crippen molar-refractivity contribution in [3.05, 3.63) is 45.7 Å². The lowest BCUT2D eigenvalue weighted by Gasteiger charge is -2.26. The van der Waals surface area contributed by atoms with Crippen molar-refractivity contribution in [3.63, 3.8) is 0 Å². The molecule has 0 spiro atoms. The molecule has 1 aliphatic carbocycles. The second kappa shape index (κ2) is 7.24. The van der Waals surface area contributed by atoms with Crippen LogP contribution in [0.3, 0.4) is 0 Å². The van der Waals surface area contributed by atoms with Crippen molar-refractivity contribution >= 4 is 21.6 Å². The first-order valence-corrected chi connectivity index (χ1v) is 11.7. The van der Waals surface area contributed by atoms with Gasteiger partial charge in [0.15, 0.2) is 9.84 Å². The summed E-state index contributed by atoms with van der Waals surface area (Å²) in [5.41, 5.74) is 1.15. The predicted molar refractivity (Wildman–Crippen MR) is 106 cm³/mol. The number of carbonyl (C=O) groups is 1. The quantitative estimate of drug-likeness (QED) is 0.770. The maximum Gasteiger partial charge on any atom is 0.270 e. The van der Waals surface area contributed by atoms with Crippen molar-refractivity contribution in [1.29, 1.82) is 0 Å². The van der Waals surface area contributed by atoms with Crippen LogP contribution in [0.15, 0.2) is 34.0 Å². The van der Waals surface area contributed by atoms with Crippen molar-refractivity contribution < 1.29 is 13.2 Å². The second-order valence-corrected chi connectivity index (χ2v) is 9.88. The van der Waals surface area contributed by atoms with E-state index in [-0.39, 0.29) is 34.7 Å². The van der Waals surface area contributed by atoms with Crippen molar-refractivity contribution in [3.8, 4) is 0 Å². The van der Waals surface area contributed by atoms with Gasteiger partial charge in [-0.2, -0.15) is 0 Å². The van der Waals surface area contributed by atoms with Crippen molar-refractivity contribution in [2.75, 3.05) is 11.6 Å². The van der Waals surface area contributed by atoms with Crippen LogP contribution in [0.4, 0.5) is 5.82 Å². The molecule has 0 bridgehead atoms. The van der Waals surface area contributed by atoms with Gasteiger partial charge in [0, 0.05) is 18.6 Å². The number of nitrogens with one attached hydrogen (secondary N) is 2. The van der Waals surface area contributed by atoms with E-state index in [0.29, 0.717) is 11.4 Å². The summed E-state index contributed by atoms with van der Waals surface area (Å²) in [5.74, 6) is 0.0598. The molecular formula is C20H25N3O4S. The Morgan fingerprint density at radius 3 is 2.25 bits per heavy atom. The topological polar surface area (TPSA) is 101 Å². The molecule has 1 atom stereocenters. The van der Waals surface area contributed by atoms with Crippen LogP contribution in [0.5, 0.6) is 0 Å². The first-order valence-electron chi connectivity index (χ1n) is 9.79. The summed E-state index contributed by atoms with van der Waals surface area (Å²) >= 11 is 0. The number of sulfone groups is 1. The van der Waals surface area contributed by atoms with E-state index in [1.807, 2.05) is 4.68 Å². The third-order valence-corrected chi connectivity index (χ3v) is 6.99. The average molecular weight is 404 g/mol. The van der Waals surface area contributed by atoms with Crippen LogP contribution < -0.4 is 10.9 Å². The minimum absolute atomic E-state index is 0.133. The van der Waals surface area contributed by atoms with Gasteiger partial charge < -0.3 is 5.32 Å². The number of nitrogens with zero attached hydrogens (tertiary/aromatic N) is 1. The molecule has 2 aromatic rings. The van der Waals surface area contributed by atoms with E-state index < -0.39 is 9.84 Å². The highest BCUT2D eigenvalue weighted by molar-refractivity contribution is 7.90. The summed E-state index contributed by atoms with van der Waals surface area (Å²) in [5, 5.41) is 5.86. The molecule has 1 amide bonds. The number of aromatic amines is 1. The van der Waals surface area contributed by atoms with E-state index in [0.717, 1.165) is 37.5 Å². The molecule has 1 fully saturated rings. The molecule has 1 aliphatic heterocycles. The summed E-state index contributed by atoms with van der Waals surface area (Å²) in [4.78, 5) is 25.4. The number of H-pyrrole nitrogens is 1. The van der Waals surface area contributed by atoms with Crippen molar-refractivity contribution in [1.82, 2.24) is 9.78 Å². The van der Waals surface area contributed by atoms with Gasteiger partial charge >= 0.3 is 0 Å². The van der Waals surface area contributed by atoms with Crippen molar-refractivity contribution in [2.45, 2.75) is 61.8 Å². The fourth-order valence-electron chi connectivity index (χ4n) is 4.41. The van der Waals surface area contributed by atoms with Gasteiger partial charge in [-0.25, -0.2) is 8.42 Å². The summed E-state index contributed by atoms with van der Waals surface area (Å²) in [6.07, 6.45) is 7.93. The number of carbonyl (C=O) groups excluding carboxylic acids is 1. The largest absolute Gasteiger partial charge is 0.311 e. The Kier molecular flexibility index (Phi) is 4.91. The minimum Gasteiger partial charge on any atom is -0.311 e. The molecule has 0 saturated heterocycles. The van der Waals surface area contributed by atoms with Gasteiger partial charge in [0.25, 0.3) is 5.56 Å². The van der Waals surface area contributed by atoms with Gasteiger partial charge in [-0.3, -0.25) is 19.4 Å². The molecule has 0 radical (unpaired) electrons. The summed E-state index contributed by atoms with van der Waals surface area (Å²) < 4.78 is 25.3. The Morgan fingerprint density at radius 2 is 1.64 bits per heavy atom. The number of benzene rings is 1. The van der Waals surface area contributed by atoms with Crippen LogP contribution in [0, 0.1) is 0 Å². The van der Waals surface area contributed by atoms with E-state index in [1.165, 1.54) is 25.0 Å². The highest BCUT2D eigenvalue weighted by Gasteiger charge is 2.34. The number of rotatable bonds is 3. The molecular weight excluding hydrogens is 378 g/mol. The summed E-state index contributed by atoms with van der Waals surface area (Å²) in [7, 11) is -3.29. The second-order valence-electron chi connectivity index (χ2n) is 7.86. The Morgan fingerprint density at radius 1 is 1.00 bits per heavy atom. The number of aromatic nitrogens is 2. The zero-order valence-corrected chi connectivity index (χ0v) is 16.7. The van der Waals surface area contributed by atoms with Crippen LogP contribution >= 0.6 is 0 Å². The number of anilines is 1. The molecule has 2 aliphatic rings. The molecule has 7 nitrogen and oxygen atoms in total. The van der Waals surface area contributed by atoms with Crippen LogP contribution in [0.2, 0.25) is 0 Å². The molecule has 2 N–H and O–H groups in total. The van der Waals surface area contributed by atoms with Crippen LogP contribution in [0.1, 0.15) is 68.0 Å². The van der Waals surface area contributed by atoms with E-state index in [1.54, 1.807) is 12.1 Å². The number of amides is 1. The van der Waals surface area contributed by atoms with E-state index in [2.05, 4.69) is 10.4 Å². The monoisotopic (exact) mass is 403 g/mol. The van der Waals surface area contributed by atoms with E-state index >= 15 is 0 Å². The van der Waals surface area contributed by atoms with Crippen LogP contribution in [-0.4, -0.2) is 30.4 Å². The maximum absolute atomic E-state index is 12.8. The molecule has 2 heterocycles. The molecule has 4 rings (SSSR count). The van der Waals surface area contributed by atoms with Gasteiger partial charge in [0.2, 0.25) is 5.91 Å². The van der Waals surface area contributed by atoms with Crippen LogP contribution in [0.25, 0.3) is 0 Å². The third kappa shape index (κ3) is 3.53. The molecule has 1 aromatic heterocycles. The standard InChI is InChI=1S/C20H25N3O4S/c1-28(26,27)15-10-8-13(9-11-15)16-12-17(24)21-19-18(16)20(25)22-23(19)14-6-4-2-3-5-7-14/h8-11,14,16H,2-7,12H2,1H3,(H,21,24)(H,22,25)/t16-/m1/s1. The summed E-state index contributed by atoms with van der Waals surface area (Å²) in [6, 6.07) is 6.66. The van der Waals surface area contributed by atoms with Gasteiger partial charge in [-0.05, 0) is 30.5 Å². The van der Waals surface area contributed by atoms with Crippen molar-refractivity contribution in [2.24, 2.45) is 0 Å². The fourth-order valence-corrected chi connectivity index (χ4v) is 5.04. The van der Waals surface area contributed by atoms with Gasteiger partial charge in [0.05, 0.1) is 16.5 Å². The molecule has 150 valence electrons. The van der Waals surface area contributed by atoms with E-state index in [4.69, 9.17) is 0 Å². The predicted octanol–water partition coefficient (Wildman–Crippen LogP) is 2.95. The first kappa shape index (κ1) is 19.0. The highest BCUT2D eigenvalue weighted by atomic mass is 32.2. The maximum atomic E-state index is 12.8. The third-order valence-electron chi connectivity index (χ3n) is 5.86. The Labute approximate surface area is 164 Å². The molecule has 1 aromatic carbocycles. The lowest BCUT2D eigenvalue weighted by molar-refractivity contribution is -0.116. The number of fused-ring (bicyclic) bond motifs is 1. The summed E-state index contributed by atoms with van der Waals surface area (Å²) in [6.45, 7) is 0. The Bertz CT molecular complexity index is 1040. The minimum atomic E-state index is -3.29. The van der Waals surface area contributed by atoms with Gasteiger partial charge in [-0.15, -0.1) is 0 Å². The highest BCUT2D eigenvalue weighted by Crippen LogP contribution is 2.38. The number of hydrogen-bond donors (Lipinski definition) is 2. The Balaban J connectivity index is 1.75. The number of hydrogen-bond acceptors (Lipinski definition) is 4. The smallest absolute Gasteiger partial charge is 0.270 e. The molecule has 8 heteroatoms. The zero-order chi connectivity index (χ0) is 19.9. The first-order chi connectivity index (χ1) is 13.3. The van der Waals surface area contributed by atoms with Gasteiger partial charge in [0.1, 0.15) is 5.82 Å². The van der Waals surface area contributed by atoms with E-state index in [9.17, 15) is 18.0 Å². The lowest BCUT2D eigenvalue weighted by atomic mass is 9.87. The Hall–Kier alpha value is -2.35. The van der Waals surface area contributed by atoms with Gasteiger partial charge in [-0.1, -0.05) is 37.8 Å². The zero-order valence-electron chi connectivity index (χ0n) is 15.9. The SMILES string of the molecule is CS(=O)(=O)c1ccc([C@H]2CC(=O)Nc3c2c(=O)[nH]n3C2CCCCCC2)cc1. The molecule has 0 unspecified atom stereocenters. The average Bonchev–Trinajstić information content (AvgIpc) is 2.84. The molecule has 28 heavy (non-hydrogen) atoms. The van der Waals surface area contributed by atoms with Crippen LogP contribution in [-0.2, 0) is 14.6 Å².